The predicted molar refractivity (Wildman–Crippen MR) is 116 cm³/mol. The van der Waals surface area contributed by atoms with Crippen molar-refractivity contribution in [2.75, 3.05) is 0 Å². The number of amides is 2. The van der Waals surface area contributed by atoms with Crippen LogP contribution in [-0.2, 0) is 11.3 Å². The Bertz CT molecular complexity index is 984. The second kappa shape index (κ2) is 9.01. The van der Waals surface area contributed by atoms with Crippen LogP contribution < -0.4 is 5.73 Å². The molecule has 5 nitrogen and oxygen atoms in total. The van der Waals surface area contributed by atoms with E-state index in [9.17, 15) is 9.59 Å². The van der Waals surface area contributed by atoms with E-state index < -0.39 is 11.9 Å². The summed E-state index contributed by atoms with van der Waals surface area (Å²) in [4.78, 5) is 32.8. The number of nitrogens with two attached hydrogens (primary N) is 1. The van der Waals surface area contributed by atoms with E-state index in [1.807, 2.05) is 81.4 Å². The van der Waals surface area contributed by atoms with Crippen molar-refractivity contribution in [3.05, 3.63) is 76.9 Å². The molecule has 1 heterocycles. The van der Waals surface area contributed by atoms with Crippen molar-refractivity contribution in [2.45, 2.75) is 33.4 Å². The first-order chi connectivity index (χ1) is 13.9. The standard InChI is InChI=1S/C23H25N3O2S/c1-15(2)20(22(24)27)26(14-17-10-6-4-7-11-17)23(28)19-21(29-16(3)25-19)18-12-8-5-9-13-18/h4-13,15,20H,14H2,1-3H3,(H2,24,27). The van der Waals surface area contributed by atoms with Crippen molar-refractivity contribution in [1.29, 1.82) is 0 Å². The summed E-state index contributed by atoms with van der Waals surface area (Å²) in [5.41, 5.74) is 7.94. The van der Waals surface area contributed by atoms with Gasteiger partial charge in [0.05, 0.1) is 9.88 Å². The zero-order valence-electron chi connectivity index (χ0n) is 16.8. The molecule has 1 unspecified atom stereocenters. The quantitative estimate of drug-likeness (QED) is 0.635. The minimum Gasteiger partial charge on any atom is -0.368 e. The van der Waals surface area contributed by atoms with E-state index in [0.29, 0.717) is 5.69 Å². The number of hydrogen-bond acceptors (Lipinski definition) is 4. The second-order valence-corrected chi connectivity index (χ2v) is 8.49. The van der Waals surface area contributed by atoms with Gasteiger partial charge in [-0.3, -0.25) is 9.59 Å². The lowest BCUT2D eigenvalue weighted by molar-refractivity contribution is -0.124. The maximum atomic E-state index is 13.7. The molecule has 0 radical (unpaired) electrons. The summed E-state index contributed by atoms with van der Waals surface area (Å²) >= 11 is 1.47. The highest BCUT2D eigenvalue weighted by Gasteiger charge is 2.34. The molecule has 0 bridgehead atoms. The molecule has 0 aliphatic heterocycles. The molecule has 0 saturated carbocycles. The van der Waals surface area contributed by atoms with Crippen molar-refractivity contribution in [1.82, 2.24) is 9.88 Å². The summed E-state index contributed by atoms with van der Waals surface area (Å²) in [5, 5.41) is 0.798. The van der Waals surface area contributed by atoms with Gasteiger partial charge in [0.1, 0.15) is 11.7 Å². The van der Waals surface area contributed by atoms with Gasteiger partial charge >= 0.3 is 0 Å². The Morgan fingerprint density at radius 2 is 1.62 bits per heavy atom. The molecular weight excluding hydrogens is 382 g/mol. The first-order valence-electron chi connectivity index (χ1n) is 9.55. The van der Waals surface area contributed by atoms with E-state index in [1.54, 1.807) is 4.90 Å². The minimum atomic E-state index is -0.728. The minimum absolute atomic E-state index is 0.125. The smallest absolute Gasteiger partial charge is 0.274 e. The Morgan fingerprint density at radius 3 is 2.17 bits per heavy atom. The molecule has 0 aliphatic carbocycles. The van der Waals surface area contributed by atoms with Crippen LogP contribution in [0.15, 0.2) is 60.7 Å². The molecule has 3 rings (SSSR count). The van der Waals surface area contributed by atoms with Gasteiger partial charge in [-0.15, -0.1) is 11.3 Å². The molecule has 29 heavy (non-hydrogen) atoms. The van der Waals surface area contributed by atoms with E-state index in [2.05, 4.69) is 4.98 Å². The van der Waals surface area contributed by atoms with Crippen LogP contribution in [0.4, 0.5) is 0 Å². The van der Waals surface area contributed by atoms with E-state index in [0.717, 1.165) is 21.0 Å². The van der Waals surface area contributed by atoms with Crippen molar-refractivity contribution in [3.8, 4) is 10.4 Å². The van der Waals surface area contributed by atoms with E-state index in [1.165, 1.54) is 11.3 Å². The normalized spacial score (nSPS) is 12.0. The van der Waals surface area contributed by atoms with E-state index >= 15 is 0 Å². The lowest BCUT2D eigenvalue weighted by Crippen LogP contribution is -2.50. The number of rotatable bonds is 7. The third-order valence-corrected chi connectivity index (χ3v) is 5.71. The SMILES string of the molecule is Cc1nc(C(=O)N(Cc2ccccc2)C(C(N)=O)C(C)C)c(-c2ccccc2)s1. The van der Waals surface area contributed by atoms with Crippen molar-refractivity contribution in [2.24, 2.45) is 11.7 Å². The molecule has 2 amide bonds. The number of aryl methyl sites for hydroxylation is 1. The van der Waals surface area contributed by atoms with Gasteiger partial charge in [-0.05, 0) is 24.0 Å². The third kappa shape index (κ3) is 4.71. The molecule has 1 atom stereocenters. The molecule has 2 N–H and O–H groups in total. The van der Waals surface area contributed by atoms with Crippen LogP contribution in [0.2, 0.25) is 0 Å². The van der Waals surface area contributed by atoms with Crippen molar-refractivity contribution < 1.29 is 9.59 Å². The van der Waals surface area contributed by atoms with Crippen molar-refractivity contribution in [3.63, 3.8) is 0 Å². The molecule has 150 valence electrons. The molecule has 0 spiro atoms. The zero-order valence-corrected chi connectivity index (χ0v) is 17.6. The zero-order chi connectivity index (χ0) is 21.0. The maximum absolute atomic E-state index is 13.7. The number of nitrogens with zero attached hydrogens (tertiary/aromatic N) is 2. The van der Waals surface area contributed by atoms with Gasteiger partial charge in [-0.25, -0.2) is 4.98 Å². The van der Waals surface area contributed by atoms with Crippen LogP contribution in [-0.4, -0.2) is 27.7 Å². The fourth-order valence-corrected chi connectivity index (χ4v) is 4.33. The van der Waals surface area contributed by atoms with Gasteiger partial charge < -0.3 is 10.6 Å². The maximum Gasteiger partial charge on any atom is 0.274 e. The van der Waals surface area contributed by atoms with Crippen LogP contribution in [0, 0.1) is 12.8 Å². The number of carbonyl (C=O) groups is 2. The van der Waals surface area contributed by atoms with Gasteiger partial charge in [0.2, 0.25) is 5.91 Å². The number of primary amides is 1. The number of thiazole rings is 1. The second-order valence-electron chi connectivity index (χ2n) is 7.29. The topological polar surface area (TPSA) is 76.3 Å². The van der Waals surface area contributed by atoms with Gasteiger partial charge in [-0.1, -0.05) is 74.5 Å². The molecule has 0 saturated heterocycles. The van der Waals surface area contributed by atoms with E-state index in [4.69, 9.17) is 5.73 Å². The molecule has 0 fully saturated rings. The number of benzene rings is 2. The largest absolute Gasteiger partial charge is 0.368 e. The molecule has 1 aromatic heterocycles. The molecule has 2 aromatic carbocycles. The lowest BCUT2D eigenvalue weighted by Gasteiger charge is -2.32. The Hall–Kier alpha value is -2.99. The fraction of sp³-hybridized carbons (Fsp3) is 0.261. The fourth-order valence-electron chi connectivity index (χ4n) is 3.41. The summed E-state index contributed by atoms with van der Waals surface area (Å²) in [6.45, 7) is 5.95. The summed E-state index contributed by atoms with van der Waals surface area (Å²) in [6.07, 6.45) is 0. The monoisotopic (exact) mass is 407 g/mol. The molecule has 0 aliphatic rings. The van der Waals surface area contributed by atoms with Crippen molar-refractivity contribution >= 4 is 23.2 Å². The van der Waals surface area contributed by atoms with Crippen LogP contribution >= 0.6 is 11.3 Å². The lowest BCUT2D eigenvalue weighted by atomic mass is 10.00. The average Bonchev–Trinajstić information content (AvgIpc) is 3.09. The first kappa shape index (κ1) is 20.7. The summed E-state index contributed by atoms with van der Waals surface area (Å²) in [7, 11) is 0. The number of hydrogen-bond donors (Lipinski definition) is 1. The Labute approximate surface area is 175 Å². The number of carbonyl (C=O) groups excluding carboxylic acids is 2. The summed E-state index contributed by atoms with van der Waals surface area (Å²) in [5.74, 6) is -0.924. The van der Waals surface area contributed by atoms with Crippen LogP contribution in [0.3, 0.4) is 0 Å². The Kier molecular flexibility index (Phi) is 6.44. The summed E-state index contributed by atoms with van der Waals surface area (Å²) < 4.78 is 0. The first-order valence-corrected chi connectivity index (χ1v) is 10.4. The van der Waals surface area contributed by atoms with Gasteiger partial charge in [0.15, 0.2) is 0 Å². The molecule has 6 heteroatoms. The molecule has 3 aromatic rings. The molecular formula is C23H25N3O2S. The summed E-state index contributed by atoms with van der Waals surface area (Å²) in [6, 6.07) is 18.6. The Balaban J connectivity index is 2.06. The highest BCUT2D eigenvalue weighted by molar-refractivity contribution is 7.15. The Morgan fingerprint density at radius 1 is 1.03 bits per heavy atom. The van der Waals surface area contributed by atoms with Crippen LogP contribution in [0.1, 0.15) is 34.9 Å². The average molecular weight is 408 g/mol. The number of aromatic nitrogens is 1. The highest BCUT2D eigenvalue weighted by atomic mass is 32.1. The highest BCUT2D eigenvalue weighted by Crippen LogP contribution is 2.32. The van der Waals surface area contributed by atoms with E-state index in [-0.39, 0.29) is 18.4 Å². The third-order valence-electron chi connectivity index (χ3n) is 4.69. The van der Waals surface area contributed by atoms with Crippen LogP contribution in [0.25, 0.3) is 10.4 Å². The predicted octanol–water partition coefficient (Wildman–Crippen LogP) is 4.27. The van der Waals surface area contributed by atoms with Gasteiger partial charge in [-0.2, -0.15) is 0 Å². The van der Waals surface area contributed by atoms with Crippen LogP contribution in [0.5, 0.6) is 0 Å². The van der Waals surface area contributed by atoms with Gasteiger partial charge in [0, 0.05) is 6.54 Å². The van der Waals surface area contributed by atoms with Gasteiger partial charge in [0.25, 0.3) is 5.91 Å².